The van der Waals surface area contributed by atoms with Crippen molar-refractivity contribution >= 4 is 30.4 Å². The molecule has 3 rings (SSSR count). The van der Waals surface area contributed by atoms with Gasteiger partial charge in [-0.2, -0.15) is 25.3 Å². The molecule has 0 amide bonds. The molecule has 1 atom stereocenters. The van der Waals surface area contributed by atoms with Crippen LogP contribution in [0.3, 0.4) is 0 Å². The van der Waals surface area contributed by atoms with E-state index in [1.165, 1.54) is 36.4 Å². The van der Waals surface area contributed by atoms with Crippen LogP contribution >= 0.6 is 0 Å². The van der Waals surface area contributed by atoms with Gasteiger partial charge in [-0.1, -0.05) is 53.1 Å². The molecule has 40 heavy (non-hydrogen) atoms. The Morgan fingerprint density at radius 2 is 0.750 bits per heavy atom. The van der Waals surface area contributed by atoms with Crippen LogP contribution in [-0.4, -0.2) is 73.5 Å². The lowest BCUT2D eigenvalue weighted by atomic mass is 10.2. The lowest BCUT2D eigenvalue weighted by Gasteiger charge is -2.00. The number of hydrogen-bond acceptors (Lipinski definition) is 9. The SMILES string of the molecule is Cc1ccc(S(=O)(=O)O)cc1.Cc1ccc(S(=O)(=O)O)cc1.Cc1ccc(S(=O)(=O)O)cc1.OCCC(O)CO. The van der Waals surface area contributed by atoms with E-state index in [0.717, 1.165) is 16.7 Å². The van der Waals surface area contributed by atoms with Gasteiger partial charge in [0.15, 0.2) is 0 Å². The number of aryl methyl sites for hydroxylation is 3. The summed E-state index contributed by atoms with van der Waals surface area (Å²) < 4.78 is 88.7. The first kappa shape index (κ1) is 37.3. The first-order valence-corrected chi connectivity index (χ1v) is 15.7. The Hall–Kier alpha value is -2.73. The molecule has 6 N–H and O–H groups in total. The van der Waals surface area contributed by atoms with Crippen molar-refractivity contribution in [2.45, 2.75) is 48.0 Å². The highest BCUT2D eigenvalue weighted by Gasteiger charge is 2.08. The van der Waals surface area contributed by atoms with Crippen molar-refractivity contribution in [2.75, 3.05) is 13.2 Å². The second-order valence-corrected chi connectivity index (χ2v) is 12.5. The first-order chi connectivity index (χ1) is 18.3. The summed E-state index contributed by atoms with van der Waals surface area (Å²) in [6.45, 7) is 5.19. The van der Waals surface area contributed by atoms with Gasteiger partial charge in [-0.3, -0.25) is 13.7 Å². The molecule has 0 heterocycles. The van der Waals surface area contributed by atoms with Crippen molar-refractivity contribution in [2.24, 2.45) is 0 Å². The standard InChI is InChI=1S/3C7H8O3S.C4H10O3/c3*1-6-2-4-7(5-3-6)11(8,9)10;5-2-1-4(7)3-6/h3*2-5H,1H3,(H,8,9,10);4-7H,1-3H2. The smallest absolute Gasteiger partial charge is 0.294 e. The molecule has 3 aromatic carbocycles. The molecule has 1 unspecified atom stereocenters. The van der Waals surface area contributed by atoms with E-state index in [4.69, 9.17) is 29.0 Å². The van der Waals surface area contributed by atoms with Crippen molar-refractivity contribution in [1.29, 1.82) is 0 Å². The van der Waals surface area contributed by atoms with E-state index in [2.05, 4.69) is 0 Å². The van der Waals surface area contributed by atoms with Gasteiger partial charge >= 0.3 is 0 Å². The van der Waals surface area contributed by atoms with Crippen molar-refractivity contribution < 1.29 is 54.2 Å². The van der Waals surface area contributed by atoms with Gasteiger partial charge in [-0.05, 0) is 63.6 Å². The zero-order chi connectivity index (χ0) is 31.1. The van der Waals surface area contributed by atoms with Crippen LogP contribution in [0.5, 0.6) is 0 Å². The fourth-order valence-corrected chi connectivity index (χ4v) is 3.81. The van der Waals surface area contributed by atoms with E-state index < -0.39 is 36.5 Å². The van der Waals surface area contributed by atoms with Crippen LogP contribution < -0.4 is 0 Å². The van der Waals surface area contributed by atoms with E-state index in [-0.39, 0.29) is 34.3 Å². The maximum atomic E-state index is 10.5. The van der Waals surface area contributed by atoms with Crippen LogP contribution in [0.15, 0.2) is 87.5 Å². The third-order valence-electron chi connectivity index (χ3n) is 4.63. The second-order valence-electron chi connectivity index (χ2n) is 8.21. The molecule has 224 valence electrons. The van der Waals surface area contributed by atoms with Crippen LogP contribution in [0.2, 0.25) is 0 Å². The third kappa shape index (κ3) is 16.4. The Kier molecular flexibility index (Phi) is 16.0. The van der Waals surface area contributed by atoms with E-state index in [1.54, 1.807) is 36.4 Å². The van der Waals surface area contributed by atoms with E-state index in [1.807, 2.05) is 20.8 Å². The lowest BCUT2D eigenvalue weighted by Crippen LogP contribution is -2.12. The summed E-state index contributed by atoms with van der Waals surface area (Å²) in [6, 6.07) is 18.0. The number of benzene rings is 3. The van der Waals surface area contributed by atoms with Crippen molar-refractivity contribution in [3.8, 4) is 0 Å². The molecule has 0 radical (unpaired) electrons. The molecule has 12 nitrogen and oxygen atoms in total. The first-order valence-electron chi connectivity index (χ1n) is 11.3. The van der Waals surface area contributed by atoms with Crippen LogP contribution in [0.4, 0.5) is 0 Å². The van der Waals surface area contributed by atoms with Gasteiger partial charge in [0.05, 0.1) is 27.4 Å². The van der Waals surface area contributed by atoms with Gasteiger partial charge in [0.25, 0.3) is 30.4 Å². The molecule has 0 spiro atoms. The zero-order valence-corrected chi connectivity index (χ0v) is 24.4. The molecular weight excluding hydrogens is 588 g/mol. The summed E-state index contributed by atoms with van der Waals surface area (Å²) in [4.78, 5) is -0.200. The predicted molar refractivity (Wildman–Crippen MR) is 148 cm³/mol. The van der Waals surface area contributed by atoms with Gasteiger partial charge in [0, 0.05) is 6.61 Å². The summed E-state index contributed by atoms with van der Waals surface area (Å²) in [5, 5.41) is 24.6. The lowest BCUT2D eigenvalue weighted by molar-refractivity contribution is 0.0721. The maximum Gasteiger partial charge on any atom is 0.294 e. The van der Waals surface area contributed by atoms with Gasteiger partial charge in [0.1, 0.15) is 0 Å². The highest BCUT2D eigenvalue weighted by atomic mass is 32.2. The van der Waals surface area contributed by atoms with Gasteiger partial charge in [-0.15, -0.1) is 0 Å². The molecule has 0 aromatic heterocycles. The molecule has 0 aliphatic carbocycles. The molecule has 0 fully saturated rings. The average Bonchev–Trinajstić information content (AvgIpc) is 2.84. The minimum Gasteiger partial charge on any atom is -0.396 e. The Bertz CT molecular complexity index is 1290. The van der Waals surface area contributed by atoms with Crippen molar-refractivity contribution in [1.82, 2.24) is 0 Å². The fourth-order valence-electron chi connectivity index (χ4n) is 2.37. The minimum atomic E-state index is -4.02. The number of hydrogen-bond donors (Lipinski definition) is 6. The van der Waals surface area contributed by atoms with Crippen LogP contribution in [0.1, 0.15) is 23.1 Å². The molecule has 3 aromatic rings. The predicted octanol–water partition coefficient (Wildman–Crippen LogP) is 2.45. The van der Waals surface area contributed by atoms with E-state index in [9.17, 15) is 25.3 Å². The molecule has 0 saturated carbocycles. The number of rotatable bonds is 6. The Morgan fingerprint density at radius 1 is 0.525 bits per heavy atom. The molecule has 0 saturated heterocycles. The summed E-state index contributed by atoms with van der Waals surface area (Å²) in [7, 11) is -12.1. The van der Waals surface area contributed by atoms with Crippen LogP contribution in [0, 0.1) is 20.8 Å². The minimum absolute atomic E-state index is 0.0666. The molecular formula is C25H34O12S3. The molecule has 0 bridgehead atoms. The highest BCUT2D eigenvalue weighted by molar-refractivity contribution is 7.86. The van der Waals surface area contributed by atoms with E-state index in [0.29, 0.717) is 0 Å². The van der Waals surface area contributed by atoms with E-state index >= 15 is 0 Å². The van der Waals surface area contributed by atoms with Gasteiger partial charge in [0.2, 0.25) is 0 Å². The molecule has 0 aliphatic rings. The average molecular weight is 623 g/mol. The zero-order valence-electron chi connectivity index (χ0n) is 22.0. The second kappa shape index (κ2) is 17.2. The topological polar surface area (TPSA) is 224 Å². The largest absolute Gasteiger partial charge is 0.396 e. The van der Waals surface area contributed by atoms with Gasteiger partial charge < -0.3 is 15.3 Å². The van der Waals surface area contributed by atoms with Crippen molar-refractivity contribution in [3.05, 3.63) is 89.5 Å². The fraction of sp³-hybridized carbons (Fsp3) is 0.280. The monoisotopic (exact) mass is 622 g/mol. The van der Waals surface area contributed by atoms with Gasteiger partial charge in [-0.25, -0.2) is 0 Å². The summed E-state index contributed by atoms with van der Waals surface area (Å²) in [5.41, 5.74) is 2.87. The number of aliphatic hydroxyl groups is 3. The van der Waals surface area contributed by atoms with Crippen molar-refractivity contribution in [3.63, 3.8) is 0 Å². The Balaban J connectivity index is 0.000000515. The quantitative estimate of drug-likeness (QED) is 0.218. The molecule has 0 aliphatic heterocycles. The van der Waals surface area contributed by atoms with Crippen LogP contribution in [0.25, 0.3) is 0 Å². The number of aliphatic hydroxyl groups excluding tert-OH is 3. The summed E-state index contributed by atoms with van der Waals surface area (Å²) in [5.74, 6) is 0. The molecule has 15 heteroatoms. The van der Waals surface area contributed by atoms with Crippen LogP contribution in [-0.2, 0) is 30.4 Å². The third-order valence-corrected chi connectivity index (χ3v) is 7.23. The highest BCUT2D eigenvalue weighted by Crippen LogP contribution is 2.10. The summed E-state index contributed by atoms with van der Waals surface area (Å²) in [6.07, 6.45) is -0.485. The normalized spacial score (nSPS) is 11.9. The summed E-state index contributed by atoms with van der Waals surface area (Å²) >= 11 is 0. The maximum absolute atomic E-state index is 10.5. The Morgan fingerprint density at radius 3 is 0.875 bits per heavy atom. The Labute approximate surface area is 234 Å².